The summed E-state index contributed by atoms with van der Waals surface area (Å²) in [7, 11) is 0. The predicted octanol–water partition coefficient (Wildman–Crippen LogP) is 4.71. The molecule has 0 aliphatic carbocycles. The van der Waals surface area contributed by atoms with E-state index < -0.39 is 19.8 Å². The van der Waals surface area contributed by atoms with Gasteiger partial charge in [-0.25, -0.2) is 0 Å². The summed E-state index contributed by atoms with van der Waals surface area (Å²) >= 11 is -1.57. The van der Waals surface area contributed by atoms with Crippen molar-refractivity contribution in [3.05, 3.63) is 0 Å². The molecule has 3 heteroatoms. The Bertz CT molecular complexity index is 167. The van der Waals surface area contributed by atoms with Gasteiger partial charge in [0.15, 0.2) is 0 Å². The molecule has 0 heterocycles. The fourth-order valence-corrected chi connectivity index (χ4v) is 7.97. The van der Waals surface area contributed by atoms with Crippen molar-refractivity contribution in [2.24, 2.45) is 0 Å². The molecule has 0 atom stereocenters. The SMILES string of the molecule is CCCC.CCC[CH2][Sn]([CH2]CC)[C](=N)C=N. The van der Waals surface area contributed by atoms with Crippen molar-refractivity contribution < 1.29 is 0 Å². The number of hydrogen-bond acceptors (Lipinski definition) is 2. The zero-order chi connectivity index (χ0) is 12.8. The molecule has 16 heavy (non-hydrogen) atoms. The van der Waals surface area contributed by atoms with Crippen molar-refractivity contribution in [2.45, 2.75) is 68.7 Å². The van der Waals surface area contributed by atoms with Gasteiger partial charge >= 0.3 is 82.5 Å². The van der Waals surface area contributed by atoms with E-state index >= 15 is 0 Å². The number of unbranched alkanes of at least 4 members (excludes halogenated alkanes) is 2. The van der Waals surface area contributed by atoms with Crippen LogP contribution in [0.3, 0.4) is 0 Å². The molecule has 0 saturated carbocycles. The molecule has 0 saturated heterocycles. The summed E-state index contributed by atoms with van der Waals surface area (Å²) in [6, 6.07) is 0. The van der Waals surface area contributed by atoms with Crippen LogP contribution in [0.2, 0.25) is 8.87 Å². The van der Waals surface area contributed by atoms with Crippen LogP contribution in [0.25, 0.3) is 0 Å². The van der Waals surface area contributed by atoms with Gasteiger partial charge in [0.05, 0.1) is 0 Å². The summed E-state index contributed by atoms with van der Waals surface area (Å²) in [6.07, 6.45) is 7.62. The number of nitrogens with one attached hydrogen (secondary N) is 2. The van der Waals surface area contributed by atoms with Crippen molar-refractivity contribution in [3.8, 4) is 0 Å². The molecule has 0 aromatic rings. The molecule has 0 bridgehead atoms. The topological polar surface area (TPSA) is 47.7 Å². The molecule has 0 spiro atoms. The molecule has 0 aliphatic heterocycles. The van der Waals surface area contributed by atoms with Crippen molar-refractivity contribution >= 4 is 29.7 Å². The van der Waals surface area contributed by atoms with Gasteiger partial charge in [0.25, 0.3) is 0 Å². The molecule has 0 aromatic carbocycles. The Labute approximate surface area is 109 Å². The van der Waals surface area contributed by atoms with Crippen molar-refractivity contribution in [1.82, 2.24) is 0 Å². The molecular weight excluding hydrogens is 303 g/mol. The van der Waals surface area contributed by atoms with Crippen LogP contribution in [0.15, 0.2) is 0 Å². The maximum atomic E-state index is 7.62. The van der Waals surface area contributed by atoms with Crippen LogP contribution in [0.1, 0.15) is 59.8 Å². The van der Waals surface area contributed by atoms with Gasteiger partial charge in [-0.2, -0.15) is 0 Å². The van der Waals surface area contributed by atoms with Crippen molar-refractivity contribution in [1.29, 1.82) is 10.8 Å². The molecule has 2 N–H and O–H groups in total. The van der Waals surface area contributed by atoms with E-state index in [1.54, 1.807) is 0 Å². The number of rotatable bonds is 8. The molecule has 1 radical (unpaired) electrons. The van der Waals surface area contributed by atoms with Gasteiger partial charge < -0.3 is 0 Å². The molecular formula is C13H29N2Sn. The fourth-order valence-electron chi connectivity index (χ4n) is 1.19. The third kappa shape index (κ3) is 12.2. The molecule has 2 nitrogen and oxygen atoms in total. The van der Waals surface area contributed by atoms with E-state index in [2.05, 4.69) is 27.7 Å². The van der Waals surface area contributed by atoms with E-state index in [0.29, 0.717) is 3.73 Å². The van der Waals surface area contributed by atoms with Crippen molar-refractivity contribution in [3.63, 3.8) is 0 Å². The molecule has 0 rings (SSSR count). The summed E-state index contributed by atoms with van der Waals surface area (Å²) < 4.78 is 3.24. The third-order valence-electron chi connectivity index (χ3n) is 2.41. The molecule has 0 fully saturated rings. The van der Waals surface area contributed by atoms with E-state index in [-0.39, 0.29) is 0 Å². The van der Waals surface area contributed by atoms with Crippen LogP contribution in [0, 0.1) is 10.8 Å². The Balaban J connectivity index is 0. The van der Waals surface area contributed by atoms with E-state index in [4.69, 9.17) is 10.8 Å². The fraction of sp³-hybridized carbons (Fsp3) is 0.846. The van der Waals surface area contributed by atoms with E-state index in [1.165, 1.54) is 47.2 Å². The maximum absolute atomic E-state index is 7.62. The third-order valence-corrected chi connectivity index (χ3v) is 10.9. The first-order chi connectivity index (χ1) is 7.67. The van der Waals surface area contributed by atoms with Gasteiger partial charge in [0.1, 0.15) is 0 Å². The normalized spacial score (nSPS) is 9.56. The second kappa shape index (κ2) is 15.1. The van der Waals surface area contributed by atoms with Crippen molar-refractivity contribution in [2.75, 3.05) is 0 Å². The second-order valence-electron chi connectivity index (χ2n) is 4.02. The molecule has 0 amide bonds. The zero-order valence-electron chi connectivity index (χ0n) is 11.5. The second-order valence-corrected chi connectivity index (χ2v) is 11.9. The van der Waals surface area contributed by atoms with E-state index in [1.807, 2.05) is 0 Å². The summed E-state index contributed by atoms with van der Waals surface area (Å²) in [5.74, 6) is 0. The van der Waals surface area contributed by atoms with Gasteiger partial charge in [-0.3, -0.25) is 0 Å². The first-order valence-corrected chi connectivity index (χ1v) is 12.1. The minimum absolute atomic E-state index is 0.702. The first kappa shape index (κ1) is 18.5. The first-order valence-electron chi connectivity index (χ1n) is 6.61. The summed E-state index contributed by atoms with van der Waals surface area (Å²) in [5, 5.41) is 14.7. The minimum atomic E-state index is -1.57. The zero-order valence-corrected chi connectivity index (χ0v) is 14.4. The van der Waals surface area contributed by atoms with E-state index in [0.717, 1.165) is 0 Å². The standard InChI is InChI=1S/C4H10.C4H9.C3H7.C2H3N2.Sn/c2*1-3-4-2;1-3-2;3-1-2-4;/h3-4H2,1-2H3;1,3-4H2,2H3;1,3H2,2H3;1,3-4H;. The summed E-state index contributed by atoms with van der Waals surface area (Å²) in [4.78, 5) is 0. The van der Waals surface area contributed by atoms with Crippen LogP contribution < -0.4 is 0 Å². The molecule has 0 aliphatic rings. The quantitative estimate of drug-likeness (QED) is 0.478. The van der Waals surface area contributed by atoms with Crippen LogP contribution >= 0.6 is 0 Å². The Morgan fingerprint density at radius 1 is 0.938 bits per heavy atom. The predicted molar refractivity (Wildman–Crippen MR) is 77.7 cm³/mol. The van der Waals surface area contributed by atoms with Crippen LogP contribution in [-0.4, -0.2) is 29.7 Å². The summed E-state index contributed by atoms with van der Waals surface area (Å²) in [5.41, 5.74) is 0. The monoisotopic (exact) mass is 333 g/mol. The van der Waals surface area contributed by atoms with Gasteiger partial charge in [0.2, 0.25) is 0 Å². The van der Waals surface area contributed by atoms with Gasteiger partial charge in [-0.1, -0.05) is 26.7 Å². The van der Waals surface area contributed by atoms with Gasteiger partial charge in [-0.15, -0.1) is 0 Å². The molecule has 0 aromatic heterocycles. The van der Waals surface area contributed by atoms with E-state index in [9.17, 15) is 0 Å². The number of hydrogen-bond donors (Lipinski definition) is 2. The Kier molecular flexibility index (Phi) is 17.5. The van der Waals surface area contributed by atoms with Crippen LogP contribution in [-0.2, 0) is 0 Å². The Hall–Kier alpha value is 0.139. The molecule has 95 valence electrons. The summed E-state index contributed by atoms with van der Waals surface area (Å²) in [6.45, 7) is 8.74. The van der Waals surface area contributed by atoms with Gasteiger partial charge in [0, 0.05) is 0 Å². The molecule has 0 unspecified atom stereocenters. The van der Waals surface area contributed by atoms with Crippen LogP contribution in [0.5, 0.6) is 0 Å². The average molecular weight is 332 g/mol. The Morgan fingerprint density at radius 2 is 1.50 bits per heavy atom. The Morgan fingerprint density at radius 3 is 1.81 bits per heavy atom. The van der Waals surface area contributed by atoms with Gasteiger partial charge in [-0.05, 0) is 0 Å². The average Bonchev–Trinajstić information content (AvgIpc) is 2.33. The van der Waals surface area contributed by atoms with Crippen LogP contribution in [0.4, 0.5) is 0 Å².